The molecule has 0 aliphatic carbocycles. The SMILES string of the molecule is C/C=C\C(=O)Nc1c(C)cccc1Cl. The summed E-state index contributed by atoms with van der Waals surface area (Å²) < 4.78 is 0. The maximum Gasteiger partial charge on any atom is 0.248 e. The van der Waals surface area contributed by atoms with Gasteiger partial charge in [-0.25, -0.2) is 0 Å². The van der Waals surface area contributed by atoms with Gasteiger partial charge in [0.25, 0.3) is 0 Å². The highest BCUT2D eigenvalue weighted by Crippen LogP contribution is 2.24. The molecular weight excluding hydrogens is 198 g/mol. The third-order valence-electron chi connectivity index (χ3n) is 1.79. The number of aryl methyl sites for hydroxylation is 1. The minimum absolute atomic E-state index is 0.163. The fraction of sp³-hybridized carbons (Fsp3) is 0.182. The van der Waals surface area contributed by atoms with E-state index in [9.17, 15) is 4.79 Å². The van der Waals surface area contributed by atoms with E-state index in [0.717, 1.165) is 5.56 Å². The average molecular weight is 210 g/mol. The minimum Gasteiger partial charge on any atom is -0.321 e. The quantitative estimate of drug-likeness (QED) is 0.745. The van der Waals surface area contributed by atoms with Crippen LogP contribution < -0.4 is 5.32 Å². The van der Waals surface area contributed by atoms with Crippen LogP contribution in [-0.4, -0.2) is 5.91 Å². The van der Waals surface area contributed by atoms with Gasteiger partial charge in [-0.15, -0.1) is 0 Å². The number of benzene rings is 1. The summed E-state index contributed by atoms with van der Waals surface area (Å²) in [5, 5.41) is 3.28. The molecule has 1 rings (SSSR count). The van der Waals surface area contributed by atoms with Crippen LogP contribution >= 0.6 is 11.6 Å². The third-order valence-corrected chi connectivity index (χ3v) is 2.10. The predicted molar refractivity (Wildman–Crippen MR) is 59.6 cm³/mol. The van der Waals surface area contributed by atoms with Gasteiger partial charge in [-0.3, -0.25) is 4.79 Å². The van der Waals surface area contributed by atoms with Gasteiger partial charge in [0.15, 0.2) is 0 Å². The maximum absolute atomic E-state index is 11.3. The van der Waals surface area contributed by atoms with Crippen LogP contribution in [0, 0.1) is 6.92 Å². The molecule has 0 radical (unpaired) electrons. The third kappa shape index (κ3) is 2.60. The van der Waals surface area contributed by atoms with E-state index in [0.29, 0.717) is 10.7 Å². The molecule has 1 aromatic rings. The van der Waals surface area contributed by atoms with Gasteiger partial charge >= 0.3 is 0 Å². The van der Waals surface area contributed by atoms with Crippen molar-refractivity contribution in [3.05, 3.63) is 40.9 Å². The molecule has 0 saturated carbocycles. The topological polar surface area (TPSA) is 29.1 Å². The van der Waals surface area contributed by atoms with E-state index in [1.165, 1.54) is 6.08 Å². The van der Waals surface area contributed by atoms with Crippen LogP contribution in [0.4, 0.5) is 5.69 Å². The Labute approximate surface area is 88.6 Å². The van der Waals surface area contributed by atoms with Crippen LogP contribution in [-0.2, 0) is 4.79 Å². The van der Waals surface area contributed by atoms with Crippen molar-refractivity contribution in [1.29, 1.82) is 0 Å². The first-order chi connectivity index (χ1) is 6.65. The normalized spacial score (nSPS) is 10.5. The summed E-state index contributed by atoms with van der Waals surface area (Å²) >= 11 is 5.93. The number of para-hydroxylation sites is 1. The number of allylic oxidation sites excluding steroid dienone is 1. The van der Waals surface area contributed by atoms with Crippen molar-refractivity contribution in [2.24, 2.45) is 0 Å². The van der Waals surface area contributed by atoms with Gasteiger partial charge in [0.2, 0.25) is 5.91 Å². The molecule has 0 unspecified atom stereocenters. The molecule has 2 nitrogen and oxygen atoms in total. The molecule has 3 heteroatoms. The Balaban J connectivity index is 2.91. The molecule has 14 heavy (non-hydrogen) atoms. The Morgan fingerprint density at radius 3 is 2.79 bits per heavy atom. The number of halogens is 1. The number of hydrogen-bond donors (Lipinski definition) is 1. The molecule has 1 N–H and O–H groups in total. The number of rotatable bonds is 2. The Bertz CT molecular complexity index is 351. The molecule has 1 aromatic carbocycles. The minimum atomic E-state index is -0.163. The average Bonchev–Trinajstić information content (AvgIpc) is 2.12. The fourth-order valence-corrected chi connectivity index (χ4v) is 1.38. The molecule has 0 atom stereocenters. The van der Waals surface area contributed by atoms with E-state index in [-0.39, 0.29) is 5.91 Å². The van der Waals surface area contributed by atoms with Crippen LogP contribution in [0.3, 0.4) is 0 Å². The van der Waals surface area contributed by atoms with E-state index >= 15 is 0 Å². The molecule has 0 bridgehead atoms. The van der Waals surface area contributed by atoms with Gasteiger partial charge < -0.3 is 5.32 Å². The molecule has 0 saturated heterocycles. The van der Waals surface area contributed by atoms with Crippen molar-refractivity contribution in [3.63, 3.8) is 0 Å². The lowest BCUT2D eigenvalue weighted by Gasteiger charge is -2.07. The summed E-state index contributed by atoms with van der Waals surface area (Å²) in [7, 11) is 0. The summed E-state index contributed by atoms with van der Waals surface area (Å²) in [6.45, 7) is 3.69. The number of anilines is 1. The van der Waals surface area contributed by atoms with Crippen molar-refractivity contribution in [2.75, 3.05) is 5.32 Å². The van der Waals surface area contributed by atoms with E-state index < -0.39 is 0 Å². The van der Waals surface area contributed by atoms with Crippen molar-refractivity contribution in [3.8, 4) is 0 Å². The highest BCUT2D eigenvalue weighted by Gasteiger charge is 2.04. The van der Waals surface area contributed by atoms with Gasteiger partial charge in [0.05, 0.1) is 10.7 Å². The second-order valence-electron chi connectivity index (χ2n) is 2.92. The summed E-state index contributed by atoms with van der Waals surface area (Å²) in [5.41, 5.74) is 1.63. The molecule has 0 aliphatic heterocycles. The standard InChI is InChI=1S/C11H12ClNO/c1-3-5-10(14)13-11-8(2)6-4-7-9(11)12/h3-7H,1-2H3,(H,13,14)/b5-3-. The summed E-state index contributed by atoms with van der Waals surface area (Å²) in [6, 6.07) is 5.50. The number of hydrogen-bond acceptors (Lipinski definition) is 1. The number of carbonyl (C=O) groups is 1. The number of carbonyl (C=O) groups excluding carboxylic acids is 1. The monoisotopic (exact) mass is 209 g/mol. The zero-order valence-electron chi connectivity index (χ0n) is 8.17. The maximum atomic E-state index is 11.3. The van der Waals surface area contributed by atoms with Crippen molar-refractivity contribution >= 4 is 23.2 Å². The van der Waals surface area contributed by atoms with Crippen LogP contribution in [0.5, 0.6) is 0 Å². The molecule has 74 valence electrons. The summed E-state index contributed by atoms with van der Waals surface area (Å²) in [4.78, 5) is 11.3. The van der Waals surface area contributed by atoms with Gasteiger partial charge in [-0.2, -0.15) is 0 Å². The molecule has 0 fully saturated rings. The Hall–Kier alpha value is -1.28. The molecule has 0 heterocycles. The first-order valence-electron chi connectivity index (χ1n) is 4.34. The number of amides is 1. The lowest BCUT2D eigenvalue weighted by Crippen LogP contribution is -2.09. The van der Waals surface area contributed by atoms with Crippen LogP contribution in [0.2, 0.25) is 5.02 Å². The lowest BCUT2D eigenvalue weighted by atomic mass is 10.2. The van der Waals surface area contributed by atoms with E-state index in [1.54, 1.807) is 19.1 Å². The summed E-state index contributed by atoms with van der Waals surface area (Å²) in [5.74, 6) is -0.163. The highest BCUT2D eigenvalue weighted by molar-refractivity contribution is 6.34. The first kappa shape index (κ1) is 10.8. The van der Waals surface area contributed by atoms with Crippen LogP contribution in [0.15, 0.2) is 30.4 Å². The molecule has 0 aliphatic rings. The van der Waals surface area contributed by atoms with Crippen LogP contribution in [0.1, 0.15) is 12.5 Å². The Kier molecular flexibility index (Phi) is 3.72. The fourth-order valence-electron chi connectivity index (χ4n) is 1.11. The zero-order chi connectivity index (χ0) is 10.6. The molecule has 1 amide bonds. The molecule has 0 spiro atoms. The Morgan fingerprint density at radius 1 is 1.50 bits per heavy atom. The second kappa shape index (κ2) is 4.82. The smallest absolute Gasteiger partial charge is 0.248 e. The van der Waals surface area contributed by atoms with E-state index in [1.807, 2.05) is 19.1 Å². The highest BCUT2D eigenvalue weighted by atomic mass is 35.5. The largest absolute Gasteiger partial charge is 0.321 e. The lowest BCUT2D eigenvalue weighted by molar-refractivity contribution is -0.111. The van der Waals surface area contributed by atoms with Crippen molar-refractivity contribution in [2.45, 2.75) is 13.8 Å². The van der Waals surface area contributed by atoms with Crippen molar-refractivity contribution < 1.29 is 4.79 Å². The number of nitrogens with one attached hydrogen (secondary N) is 1. The predicted octanol–water partition coefficient (Wildman–Crippen LogP) is 3.16. The van der Waals surface area contributed by atoms with Gasteiger partial charge in [0.1, 0.15) is 0 Å². The molecule has 0 aromatic heterocycles. The van der Waals surface area contributed by atoms with Crippen LogP contribution in [0.25, 0.3) is 0 Å². The summed E-state index contributed by atoms with van der Waals surface area (Å²) in [6.07, 6.45) is 3.14. The van der Waals surface area contributed by atoms with Gasteiger partial charge in [-0.1, -0.05) is 29.8 Å². The van der Waals surface area contributed by atoms with Gasteiger partial charge in [0, 0.05) is 0 Å². The first-order valence-corrected chi connectivity index (χ1v) is 4.71. The second-order valence-corrected chi connectivity index (χ2v) is 3.33. The van der Waals surface area contributed by atoms with Crippen molar-refractivity contribution in [1.82, 2.24) is 0 Å². The van der Waals surface area contributed by atoms with E-state index in [4.69, 9.17) is 11.6 Å². The zero-order valence-corrected chi connectivity index (χ0v) is 8.93. The molecular formula is C11H12ClNO. The van der Waals surface area contributed by atoms with E-state index in [2.05, 4.69) is 5.32 Å². The Morgan fingerprint density at radius 2 is 2.21 bits per heavy atom. The van der Waals surface area contributed by atoms with Gasteiger partial charge in [-0.05, 0) is 31.6 Å².